The molecule has 0 aliphatic heterocycles. The number of carbonyl (C=O) groups is 1. The average Bonchev–Trinajstić information content (AvgIpc) is 2.78. The molecule has 3 aromatic rings. The lowest BCUT2D eigenvalue weighted by molar-refractivity contribution is 0.0693. The predicted molar refractivity (Wildman–Crippen MR) is 72.0 cm³/mol. The van der Waals surface area contributed by atoms with Crippen LogP contribution in [-0.4, -0.2) is 20.5 Å². The highest BCUT2D eigenvalue weighted by atomic mass is 16.4. The van der Waals surface area contributed by atoms with Crippen molar-refractivity contribution < 1.29 is 9.90 Å². The van der Waals surface area contributed by atoms with Gasteiger partial charge in [0.25, 0.3) is 0 Å². The molecule has 94 valence electrons. The van der Waals surface area contributed by atoms with Gasteiger partial charge < -0.3 is 10.8 Å². The highest BCUT2D eigenvalue weighted by Gasteiger charge is 2.17. The van der Waals surface area contributed by atoms with Gasteiger partial charge in [0.05, 0.1) is 5.52 Å². The van der Waals surface area contributed by atoms with Gasteiger partial charge in [-0.3, -0.25) is 4.40 Å². The first-order chi connectivity index (χ1) is 9.16. The Morgan fingerprint density at radius 1 is 1.16 bits per heavy atom. The van der Waals surface area contributed by atoms with Crippen LogP contribution in [0.3, 0.4) is 0 Å². The summed E-state index contributed by atoms with van der Waals surface area (Å²) in [6.45, 7) is 0. The van der Waals surface area contributed by atoms with Gasteiger partial charge in [0.15, 0.2) is 5.69 Å². The first-order valence-corrected chi connectivity index (χ1v) is 5.73. The molecule has 0 fully saturated rings. The predicted octanol–water partition coefficient (Wildman–Crippen LogP) is 2.28. The number of anilines is 1. The van der Waals surface area contributed by atoms with E-state index in [2.05, 4.69) is 4.98 Å². The lowest BCUT2D eigenvalue weighted by atomic mass is 10.2. The molecule has 0 atom stereocenters. The smallest absolute Gasteiger partial charge is 0.356 e. The zero-order valence-electron chi connectivity index (χ0n) is 9.95. The van der Waals surface area contributed by atoms with Crippen LogP contribution in [0.1, 0.15) is 10.5 Å². The zero-order valence-corrected chi connectivity index (χ0v) is 9.95. The number of benzene rings is 1. The number of pyridine rings is 1. The second-order valence-corrected chi connectivity index (χ2v) is 4.17. The molecule has 0 spiro atoms. The molecule has 0 bridgehead atoms. The second kappa shape index (κ2) is 4.13. The molecule has 3 N–H and O–H groups in total. The Kier molecular flexibility index (Phi) is 2.45. The van der Waals surface area contributed by atoms with Crippen molar-refractivity contribution in [3.05, 3.63) is 54.4 Å². The topological polar surface area (TPSA) is 80.6 Å². The Balaban J connectivity index is 2.36. The minimum Gasteiger partial charge on any atom is -0.476 e. The number of carboxylic acids is 1. The maximum atomic E-state index is 11.2. The van der Waals surface area contributed by atoms with E-state index in [9.17, 15) is 9.90 Å². The largest absolute Gasteiger partial charge is 0.476 e. The van der Waals surface area contributed by atoms with E-state index >= 15 is 0 Å². The summed E-state index contributed by atoms with van der Waals surface area (Å²) in [5.41, 5.74) is 7.71. The molecule has 2 heterocycles. The van der Waals surface area contributed by atoms with Crippen molar-refractivity contribution >= 4 is 17.2 Å². The fourth-order valence-corrected chi connectivity index (χ4v) is 2.05. The molecule has 2 aromatic heterocycles. The molecule has 1 aromatic carbocycles. The number of aromatic carboxylic acids is 1. The summed E-state index contributed by atoms with van der Waals surface area (Å²) in [7, 11) is 0. The van der Waals surface area contributed by atoms with Crippen molar-refractivity contribution in [1.29, 1.82) is 0 Å². The van der Waals surface area contributed by atoms with E-state index in [-0.39, 0.29) is 5.69 Å². The molecule has 0 amide bonds. The highest BCUT2D eigenvalue weighted by Crippen LogP contribution is 2.23. The summed E-state index contributed by atoms with van der Waals surface area (Å²) >= 11 is 0. The summed E-state index contributed by atoms with van der Waals surface area (Å²) < 4.78 is 1.70. The Hall–Kier alpha value is -2.82. The summed E-state index contributed by atoms with van der Waals surface area (Å²) in [6, 6.07) is 12.7. The number of nitrogen functional groups attached to an aromatic ring is 1. The van der Waals surface area contributed by atoms with E-state index in [0.29, 0.717) is 17.0 Å². The molecule has 0 aliphatic rings. The van der Waals surface area contributed by atoms with Gasteiger partial charge in [-0.25, -0.2) is 9.78 Å². The van der Waals surface area contributed by atoms with Gasteiger partial charge in [-0.1, -0.05) is 30.3 Å². The Morgan fingerprint density at radius 2 is 1.89 bits per heavy atom. The molecule has 0 saturated heterocycles. The van der Waals surface area contributed by atoms with Crippen LogP contribution in [0.25, 0.3) is 16.9 Å². The van der Waals surface area contributed by atoms with Crippen LogP contribution in [-0.2, 0) is 0 Å². The lowest BCUT2D eigenvalue weighted by Gasteiger charge is -2.02. The second-order valence-electron chi connectivity index (χ2n) is 4.17. The number of rotatable bonds is 2. The van der Waals surface area contributed by atoms with Crippen molar-refractivity contribution in [2.75, 3.05) is 5.73 Å². The zero-order chi connectivity index (χ0) is 13.4. The molecule has 19 heavy (non-hydrogen) atoms. The molecule has 5 nitrogen and oxygen atoms in total. The van der Waals surface area contributed by atoms with E-state index < -0.39 is 5.97 Å². The minimum absolute atomic E-state index is 0.0267. The van der Waals surface area contributed by atoms with E-state index in [0.717, 1.165) is 5.56 Å². The third kappa shape index (κ3) is 1.81. The number of hydrogen-bond donors (Lipinski definition) is 2. The van der Waals surface area contributed by atoms with E-state index in [1.165, 1.54) is 0 Å². The van der Waals surface area contributed by atoms with Crippen molar-refractivity contribution in [2.24, 2.45) is 0 Å². The highest BCUT2D eigenvalue weighted by molar-refractivity contribution is 5.95. The van der Waals surface area contributed by atoms with E-state index in [1.54, 1.807) is 22.7 Å². The first kappa shape index (κ1) is 11.3. The van der Waals surface area contributed by atoms with Crippen LogP contribution < -0.4 is 5.73 Å². The van der Waals surface area contributed by atoms with E-state index in [1.807, 2.05) is 30.3 Å². The summed E-state index contributed by atoms with van der Waals surface area (Å²) in [5, 5.41) is 9.21. The molecule has 0 radical (unpaired) electrons. The SMILES string of the molecule is Nc1ccc2c(C(=O)O)nc(-c3ccccc3)n2c1. The molecule has 3 rings (SSSR count). The van der Waals surface area contributed by atoms with Crippen LogP contribution in [0, 0.1) is 0 Å². The Bertz CT molecular complexity index is 763. The van der Waals surface area contributed by atoms with Crippen LogP contribution >= 0.6 is 0 Å². The normalized spacial score (nSPS) is 10.7. The van der Waals surface area contributed by atoms with Crippen LogP contribution in [0.2, 0.25) is 0 Å². The first-order valence-electron chi connectivity index (χ1n) is 5.73. The van der Waals surface area contributed by atoms with Crippen molar-refractivity contribution in [1.82, 2.24) is 9.38 Å². The maximum Gasteiger partial charge on any atom is 0.356 e. The van der Waals surface area contributed by atoms with Crippen LogP contribution in [0.15, 0.2) is 48.7 Å². The summed E-state index contributed by atoms with van der Waals surface area (Å²) in [6.07, 6.45) is 1.68. The van der Waals surface area contributed by atoms with Gasteiger partial charge in [0.1, 0.15) is 5.82 Å². The monoisotopic (exact) mass is 253 g/mol. The van der Waals surface area contributed by atoms with Crippen molar-refractivity contribution in [3.63, 3.8) is 0 Å². The number of nitrogens with zero attached hydrogens (tertiary/aromatic N) is 2. The number of nitrogens with two attached hydrogens (primary N) is 1. The van der Waals surface area contributed by atoms with Gasteiger partial charge in [-0.2, -0.15) is 0 Å². The molecule has 0 saturated carbocycles. The van der Waals surface area contributed by atoms with Crippen molar-refractivity contribution in [2.45, 2.75) is 0 Å². The Labute approximate surface area is 108 Å². The molecular formula is C14H11N3O2. The molecule has 0 aliphatic carbocycles. The van der Waals surface area contributed by atoms with Gasteiger partial charge in [-0.05, 0) is 12.1 Å². The van der Waals surface area contributed by atoms with Crippen molar-refractivity contribution in [3.8, 4) is 11.4 Å². The molecule has 5 heteroatoms. The van der Waals surface area contributed by atoms with Gasteiger partial charge >= 0.3 is 5.97 Å². The molecule has 0 unspecified atom stereocenters. The number of imidazole rings is 1. The number of hydrogen-bond acceptors (Lipinski definition) is 3. The minimum atomic E-state index is -1.05. The fourth-order valence-electron chi connectivity index (χ4n) is 2.05. The lowest BCUT2D eigenvalue weighted by Crippen LogP contribution is -1.97. The van der Waals surface area contributed by atoms with Gasteiger partial charge in [-0.15, -0.1) is 0 Å². The van der Waals surface area contributed by atoms with E-state index in [4.69, 9.17) is 5.73 Å². The number of fused-ring (bicyclic) bond motifs is 1. The van der Waals surface area contributed by atoms with Gasteiger partial charge in [0.2, 0.25) is 0 Å². The summed E-state index contributed by atoms with van der Waals surface area (Å²) in [4.78, 5) is 15.4. The third-order valence-electron chi connectivity index (χ3n) is 2.89. The quantitative estimate of drug-likeness (QED) is 0.734. The third-order valence-corrected chi connectivity index (χ3v) is 2.89. The fraction of sp³-hybridized carbons (Fsp3) is 0. The molecular weight excluding hydrogens is 242 g/mol. The summed E-state index contributed by atoms with van der Waals surface area (Å²) in [5.74, 6) is -0.482. The standard InChI is InChI=1S/C14H11N3O2/c15-10-6-7-11-12(14(18)19)16-13(17(11)8-10)9-4-2-1-3-5-9/h1-8H,15H2,(H,18,19). The maximum absolute atomic E-state index is 11.2. The Morgan fingerprint density at radius 3 is 2.58 bits per heavy atom. The van der Waals surface area contributed by atoms with Gasteiger partial charge in [0, 0.05) is 17.4 Å². The van der Waals surface area contributed by atoms with Crippen LogP contribution in [0.4, 0.5) is 5.69 Å². The number of aromatic nitrogens is 2. The average molecular weight is 253 g/mol. The number of carboxylic acid groups (broad SMARTS) is 1. The van der Waals surface area contributed by atoms with Crippen LogP contribution in [0.5, 0.6) is 0 Å².